The molecule has 20 heavy (non-hydrogen) atoms. The zero-order chi connectivity index (χ0) is 15.2. The first kappa shape index (κ1) is 17.3. The van der Waals surface area contributed by atoms with E-state index in [0.717, 1.165) is 12.8 Å². The lowest BCUT2D eigenvalue weighted by atomic mass is 9.99. The van der Waals surface area contributed by atoms with E-state index in [1.807, 2.05) is 6.07 Å². The first-order valence-corrected chi connectivity index (χ1v) is 9.24. The molecule has 3 nitrogen and oxygen atoms in total. The van der Waals surface area contributed by atoms with Crippen LogP contribution in [-0.4, -0.2) is 26.1 Å². The SMILES string of the molecule is CCC(CC)C(Cl)CNc1ccccc1S(=O)(=O)CC. The minimum atomic E-state index is -3.21. The van der Waals surface area contributed by atoms with Crippen molar-refractivity contribution in [2.24, 2.45) is 5.92 Å². The molecule has 0 fully saturated rings. The zero-order valence-corrected chi connectivity index (χ0v) is 14.0. The normalized spacial score (nSPS) is 13.4. The van der Waals surface area contributed by atoms with Crippen LogP contribution < -0.4 is 5.32 Å². The van der Waals surface area contributed by atoms with Gasteiger partial charge in [0.25, 0.3) is 0 Å². The molecule has 0 spiro atoms. The Morgan fingerprint density at radius 1 is 1.15 bits per heavy atom. The van der Waals surface area contributed by atoms with Crippen LogP contribution in [0.3, 0.4) is 0 Å². The summed E-state index contributed by atoms with van der Waals surface area (Å²) in [5.41, 5.74) is 0.644. The van der Waals surface area contributed by atoms with Crippen molar-refractivity contribution in [3.8, 4) is 0 Å². The molecule has 0 radical (unpaired) electrons. The van der Waals surface area contributed by atoms with Gasteiger partial charge in [0.1, 0.15) is 0 Å². The number of nitrogens with one attached hydrogen (secondary N) is 1. The summed E-state index contributed by atoms with van der Waals surface area (Å²) in [6, 6.07) is 7.00. The van der Waals surface area contributed by atoms with Crippen LogP contribution in [0.15, 0.2) is 29.2 Å². The van der Waals surface area contributed by atoms with E-state index in [-0.39, 0.29) is 11.1 Å². The summed E-state index contributed by atoms with van der Waals surface area (Å²) in [6.45, 7) is 6.48. The summed E-state index contributed by atoms with van der Waals surface area (Å²) in [5.74, 6) is 0.543. The van der Waals surface area contributed by atoms with Crippen LogP contribution >= 0.6 is 11.6 Å². The van der Waals surface area contributed by atoms with Gasteiger partial charge in [-0.25, -0.2) is 8.42 Å². The summed E-state index contributed by atoms with van der Waals surface area (Å²) in [6.07, 6.45) is 2.06. The van der Waals surface area contributed by atoms with Gasteiger partial charge in [0.05, 0.1) is 21.7 Å². The van der Waals surface area contributed by atoms with Crippen LogP contribution in [0.4, 0.5) is 5.69 Å². The number of hydrogen-bond donors (Lipinski definition) is 1. The van der Waals surface area contributed by atoms with Crippen molar-refractivity contribution in [2.75, 3.05) is 17.6 Å². The Kier molecular flexibility index (Phi) is 6.83. The number of alkyl halides is 1. The van der Waals surface area contributed by atoms with E-state index >= 15 is 0 Å². The molecular formula is C15H24ClNO2S. The van der Waals surface area contributed by atoms with Gasteiger partial charge in [-0.15, -0.1) is 11.6 Å². The van der Waals surface area contributed by atoms with Crippen molar-refractivity contribution in [1.82, 2.24) is 0 Å². The highest BCUT2D eigenvalue weighted by atomic mass is 35.5. The average molecular weight is 318 g/mol. The van der Waals surface area contributed by atoms with Crippen molar-refractivity contribution < 1.29 is 8.42 Å². The second-order valence-electron chi connectivity index (χ2n) is 4.87. The minimum Gasteiger partial charge on any atom is -0.382 e. The lowest BCUT2D eigenvalue weighted by molar-refractivity contribution is 0.475. The molecule has 0 aliphatic rings. The topological polar surface area (TPSA) is 46.2 Å². The molecule has 1 unspecified atom stereocenters. The number of anilines is 1. The molecule has 0 aliphatic carbocycles. The summed E-state index contributed by atoms with van der Waals surface area (Å²) in [4.78, 5) is 0.357. The Morgan fingerprint density at radius 2 is 1.75 bits per heavy atom. The Morgan fingerprint density at radius 3 is 2.30 bits per heavy atom. The number of sulfone groups is 1. The molecule has 1 N–H and O–H groups in total. The highest BCUT2D eigenvalue weighted by Gasteiger charge is 2.19. The predicted molar refractivity (Wildman–Crippen MR) is 86.4 cm³/mol. The van der Waals surface area contributed by atoms with Crippen LogP contribution in [-0.2, 0) is 9.84 Å². The second-order valence-corrected chi connectivity index (χ2v) is 7.68. The summed E-state index contributed by atoms with van der Waals surface area (Å²) >= 11 is 6.39. The number of para-hydroxylation sites is 1. The largest absolute Gasteiger partial charge is 0.382 e. The van der Waals surface area contributed by atoms with Crippen molar-refractivity contribution in [2.45, 2.75) is 43.9 Å². The predicted octanol–water partition coefficient (Wildman–Crippen LogP) is 3.94. The Hall–Kier alpha value is -0.740. The van der Waals surface area contributed by atoms with Gasteiger partial charge < -0.3 is 5.32 Å². The smallest absolute Gasteiger partial charge is 0.180 e. The fourth-order valence-electron chi connectivity index (χ4n) is 2.21. The summed E-state index contributed by atoms with van der Waals surface area (Å²) in [5, 5.41) is 3.19. The zero-order valence-electron chi connectivity index (χ0n) is 12.4. The van der Waals surface area contributed by atoms with E-state index in [2.05, 4.69) is 19.2 Å². The molecule has 1 aromatic rings. The summed E-state index contributed by atoms with van der Waals surface area (Å²) in [7, 11) is -3.21. The number of rotatable bonds is 8. The molecule has 0 aliphatic heterocycles. The van der Waals surface area contributed by atoms with Crippen molar-refractivity contribution in [1.29, 1.82) is 0 Å². The highest BCUT2D eigenvalue weighted by Crippen LogP contribution is 2.24. The Labute approximate surface area is 127 Å². The first-order chi connectivity index (χ1) is 9.46. The molecular weight excluding hydrogens is 294 g/mol. The molecule has 1 aromatic carbocycles. The monoisotopic (exact) mass is 317 g/mol. The second kappa shape index (κ2) is 7.89. The first-order valence-electron chi connectivity index (χ1n) is 7.15. The third-order valence-corrected chi connectivity index (χ3v) is 5.95. The molecule has 1 rings (SSSR count). The van der Waals surface area contributed by atoms with Gasteiger partial charge in [-0.1, -0.05) is 45.7 Å². The molecule has 114 valence electrons. The quantitative estimate of drug-likeness (QED) is 0.739. The van der Waals surface area contributed by atoms with E-state index in [9.17, 15) is 8.42 Å². The van der Waals surface area contributed by atoms with E-state index in [1.165, 1.54) is 0 Å². The van der Waals surface area contributed by atoms with Gasteiger partial charge in [0, 0.05) is 6.54 Å². The van der Waals surface area contributed by atoms with Gasteiger partial charge in [-0.2, -0.15) is 0 Å². The Bertz CT molecular complexity index is 512. The number of halogens is 1. The van der Waals surface area contributed by atoms with Crippen molar-refractivity contribution in [3.05, 3.63) is 24.3 Å². The van der Waals surface area contributed by atoms with E-state index in [0.29, 0.717) is 23.0 Å². The van der Waals surface area contributed by atoms with Crippen LogP contribution in [0.2, 0.25) is 0 Å². The molecule has 0 amide bonds. The van der Waals surface area contributed by atoms with Crippen LogP contribution in [0.25, 0.3) is 0 Å². The molecule has 0 saturated heterocycles. The molecule has 0 heterocycles. The van der Waals surface area contributed by atoms with Gasteiger partial charge >= 0.3 is 0 Å². The summed E-state index contributed by atoms with van der Waals surface area (Å²) < 4.78 is 24.1. The fraction of sp³-hybridized carbons (Fsp3) is 0.600. The van der Waals surface area contributed by atoms with Gasteiger partial charge in [0.2, 0.25) is 0 Å². The molecule has 0 saturated carbocycles. The molecule has 5 heteroatoms. The third kappa shape index (κ3) is 4.38. The maximum absolute atomic E-state index is 12.0. The highest BCUT2D eigenvalue weighted by molar-refractivity contribution is 7.91. The van der Waals surface area contributed by atoms with E-state index in [4.69, 9.17) is 11.6 Å². The lowest BCUT2D eigenvalue weighted by Crippen LogP contribution is -2.23. The van der Waals surface area contributed by atoms with Gasteiger partial charge in [-0.3, -0.25) is 0 Å². The minimum absolute atomic E-state index is 0.00221. The number of hydrogen-bond acceptors (Lipinski definition) is 3. The number of benzene rings is 1. The van der Waals surface area contributed by atoms with Crippen molar-refractivity contribution in [3.63, 3.8) is 0 Å². The molecule has 0 bridgehead atoms. The maximum atomic E-state index is 12.0. The van der Waals surface area contributed by atoms with Crippen molar-refractivity contribution >= 4 is 27.1 Å². The van der Waals surface area contributed by atoms with E-state index < -0.39 is 9.84 Å². The van der Waals surface area contributed by atoms with Crippen LogP contribution in [0, 0.1) is 5.92 Å². The standard InChI is InChI=1S/C15H24ClNO2S/c1-4-12(5-2)13(16)11-17-14-9-7-8-10-15(14)20(18,19)6-3/h7-10,12-13,17H,4-6,11H2,1-3H3. The van der Waals surface area contributed by atoms with E-state index in [1.54, 1.807) is 25.1 Å². The molecule has 1 atom stereocenters. The van der Waals surface area contributed by atoms with Gasteiger partial charge in [-0.05, 0) is 18.1 Å². The van der Waals surface area contributed by atoms with Crippen LogP contribution in [0.5, 0.6) is 0 Å². The Balaban J connectivity index is 2.84. The third-order valence-electron chi connectivity index (χ3n) is 3.65. The van der Waals surface area contributed by atoms with Crippen LogP contribution in [0.1, 0.15) is 33.6 Å². The van der Waals surface area contributed by atoms with Gasteiger partial charge in [0.15, 0.2) is 9.84 Å². The average Bonchev–Trinajstić information content (AvgIpc) is 2.46. The molecule has 0 aromatic heterocycles. The lowest BCUT2D eigenvalue weighted by Gasteiger charge is -2.21. The maximum Gasteiger partial charge on any atom is 0.180 e. The fourth-order valence-corrected chi connectivity index (χ4v) is 3.72.